The van der Waals surface area contributed by atoms with Gasteiger partial charge in [-0.05, 0) is 49.5 Å². The van der Waals surface area contributed by atoms with Crippen molar-refractivity contribution in [3.05, 3.63) is 0 Å². The van der Waals surface area contributed by atoms with Crippen LogP contribution in [0.2, 0.25) is 0 Å². The highest BCUT2D eigenvalue weighted by atomic mass is 16.1. The summed E-state index contributed by atoms with van der Waals surface area (Å²) in [7, 11) is 0. The molecule has 2 fully saturated rings. The minimum absolute atomic E-state index is 0.169. The molecule has 2 aliphatic rings. The molecule has 2 aliphatic carbocycles. The SMILES string of the molecule is CC1(C)CCCCC1C(=O)NCC1CCCCC1CN. The van der Waals surface area contributed by atoms with Gasteiger partial charge in [0.15, 0.2) is 0 Å². The number of carbonyl (C=O) groups is 1. The largest absolute Gasteiger partial charge is 0.356 e. The second-order valence-corrected chi connectivity index (χ2v) is 7.57. The van der Waals surface area contributed by atoms with Crippen LogP contribution in [0.4, 0.5) is 0 Å². The van der Waals surface area contributed by atoms with Crippen LogP contribution in [-0.4, -0.2) is 19.0 Å². The Hall–Kier alpha value is -0.570. The predicted molar refractivity (Wildman–Crippen MR) is 83.3 cm³/mol. The van der Waals surface area contributed by atoms with Gasteiger partial charge in [0.25, 0.3) is 0 Å². The Bertz CT molecular complexity index is 327. The van der Waals surface area contributed by atoms with E-state index in [0.717, 1.165) is 19.5 Å². The Labute approximate surface area is 124 Å². The molecule has 0 aromatic rings. The monoisotopic (exact) mass is 280 g/mol. The average Bonchev–Trinajstić information content (AvgIpc) is 2.44. The van der Waals surface area contributed by atoms with Crippen molar-refractivity contribution in [1.82, 2.24) is 5.32 Å². The lowest BCUT2D eigenvalue weighted by molar-refractivity contribution is -0.130. The third kappa shape index (κ3) is 3.75. The van der Waals surface area contributed by atoms with Crippen LogP contribution < -0.4 is 11.1 Å². The molecule has 3 heteroatoms. The fourth-order valence-electron chi connectivity index (χ4n) is 4.20. The smallest absolute Gasteiger partial charge is 0.223 e. The third-order valence-electron chi connectivity index (χ3n) is 5.73. The highest BCUT2D eigenvalue weighted by molar-refractivity contribution is 5.79. The standard InChI is InChI=1S/C17H32N2O/c1-17(2)10-6-5-9-15(17)16(20)19-12-14-8-4-3-7-13(14)11-18/h13-15H,3-12,18H2,1-2H3,(H,19,20). The van der Waals surface area contributed by atoms with E-state index < -0.39 is 0 Å². The van der Waals surface area contributed by atoms with Gasteiger partial charge in [-0.25, -0.2) is 0 Å². The first-order chi connectivity index (χ1) is 9.54. The van der Waals surface area contributed by atoms with Crippen molar-refractivity contribution in [2.24, 2.45) is 28.9 Å². The summed E-state index contributed by atoms with van der Waals surface area (Å²) in [5.74, 6) is 1.71. The lowest BCUT2D eigenvalue weighted by Crippen LogP contribution is -2.44. The van der Waals surface area contributed by atoms with Gasteiger partial charge in [-0.3, -0.25) is 4.79 Å². The molecule has 3 nitrogen and oxygen atoms in total. The number of rotatable bonds is 4. The molecular formula is C17H32N2O. The van der Waals surface area contributed by atoms with Crippen LogP contribution in [0, 0.1) is 23.2 Å². The molecule has 1 amide bonds. The van der Waals surface area contributed by atoms with Gasteiger partial charge in [-0.1, -0.05) is 39.5 Å². The Morgan fingerprint density at radius 3 is 2.40 bits per heavy atom. The summed E-state index contributed by atoms with van der Waals surface area (Å²) in [4.78, 5) is 12.5. The average molecular weight is 280 g/mol. The van der Waals surface area contributed by atoms with Gasteiger partial charge in [0, 0.05) is 12.5 Å². The van der Waals surface area contributed by atoms with Gasteiger partial charge in [0.2, 0.25) is 5.91 Å². The summed E-state index contributed by atoms with van der Waals surface area (Å²) in [5, 5.41) is 3.25. The quantitative estimate of drug-likeness (QED) is 0.831. The molecule has 0 radical (unpaired) electrons. The Morgan fingerprint density at radius 2 is 1.75 bits per heavy atom. The molecule has 20 heavy (non-hydrogen) atoms. The zero-order valence-electron chi connectivity index (χ0n) is 13.3. The van der Waals surface area contributed by atoms with Crippen LogP contribution in [0.5, 0.6) is 0 Å². The summed E-state index contributed by atoms with van der Waals surface area (Å²) < 4.78 is 0. The van der Waals surface area contributed by atoms with Crippen molar-refractivity contribution in [3.8, 4) is 0 Å². The summed E-state index contributed by atoms with van der Waals surface area (Å²) in [6, 6.07) is 0. The van der Waals surface area contributed by atoms with Gasteiger partial charge in [-0.2, -0.15) is 0 Å². The maximum atomic E-state index is 12.5. The number of amides is 1. The van der Waals surface area contributed by atoms with Crippen molar-refractivity contribution in [2.75, 3.05) is 13.1 Å². The van der Waals surface area contributed by atoms with Gasteiger partial charge in [-0.15, -0.1) is 0 Å². The van der Waals surface area contributed by atoms with Crippen molar-refractivity contribution in [1.29, 1.82) is 0 Å². The molecule has 0 saturated heterocycles. The molecular weight excluding hydrogens is 248 g/mol. The van der Waals surface area contributed by atoms with Gasteiger partial charge in [0.05, 0.1) is 0 Å². The molecule has 0 spiro atoms. The molecule has 3 unspecified atom stereocenters. The van der Waals surface area contributed by atoms with E-state index in [0.29, 0.717) is 11.8 Å². The number of nitrogens with one attached hydrogen (secondary N) is 1. The zero-order valence-corrected chi connectivity index (χ0v) is 13.3. The van der Waals surface area contributed by atoms with Gasteiger partial charge < -0.3 is 11.1 Å². The van der Waals surface area contributed by atoms with E-state index in [1.54, 1.807) is 0 Å². The molecule has 2 saturated carbocycles. The van der Waals surface area contributed by atoms with Crippen LogP contribution >= 0.6 is 0 Å². The summed E-state index contributed by atoms with van der Waals surface area (Å²) >= 11 is 0. The molecule has 116 valence electrons. The summed E-state index contributed by atoms with van der Waals surface area (Å²) in [5.41, 5.74) is 6.04. The molecule has 0 bridgehead atoms. The maximum Gasteiger partial charge on any atom is 0.223 e. The van der Waals surface area contributed by atoms with E-state index in [9.17, 15) is 4.79 Å². The lowest BCUT2D eigenvalue weighted by Gasteiger charge is -2.38. The second kappa shape index (κ2) is 6.93. The molecule has 0 aromatic carbocycles. The van der Waals surface area contributed by atoms with Crippen molar-refractivity contribution >= 4 is 5.91 Å². The van der Waals surface area contributed by atoms with Crippen LogP contribution in [0.15, 0.2) is 0 Å². The van der Waals surface area contributed by atoms with Gasteiger partial charge in [0.1, 0.15) is 0 Å². The van der Waals surface area contributed by atoms with E-state index in [2.05, 4.69) is 19.2 Å². The molecule has 3 atom stereocenters. The van der Waals surface area contributed by atoms with Crippen LogP contribution in [0.3, 0.4) is 0 Å². The molecule has 3 N–H and O–H groups in total. The first-order valence-corrected chi connectivity index (χ1v) is 8.52. The lowest BCUT2D eigenvalue weighted by atomic mass is 9.68. The minimum atomic E-state index is 0.169. The van der Waals surface area contributed by atoms with Crippen LogP contribution in [-0.2, 0) is 4.79 Å². The molecule has 2 rings (SSSR count). The van der Waals surface area contributed by atoms with Crippen LogP contribution in [0.1, 0.15) is 65.2 Å². The number of nitrogens with two attached hydrogens (primary N) is 1. The van der Waals surface area contributed by atoms with Crippen molar-refractivity contribution in [3.63, 3.8) is 0 Å². The topological polar surface area (TPSA) is 55.1 Å². The second-order valence-electron chi connectivity index (χ2n) is 7.57. The Balaban J connectivity index is 1.84. The molecule has 0 heterocycles. The maximum absolute atomic E-state index is 12.5. The minimum Gasteiger partial charge on any atom is -0.356 e. The zero-order chi connectivity index (χ0) is 14.6. The Kier molecular flexibility index (Phi) is 5.48. The predicted octanol–water partition coefficient (Wildman–Crippen LogP) is 3.08. The number of carbonyl (C=O) groups excluding carboxylic acids is 1. The number of hydrogen-bond donors (Lipinski definition) is 2. The van der Waals surface area contributed by atoms with Crippen LogP contribution in [0.25, 0.3) is 0 Å². The highest BCUT2D eigenvalue weighted by Gasteiger charge is 2.37. The summed E-state index contributed by atoms with van der Waals surface area (Å²) in [6.07, 6.45) is 9.80. The summed E-state index contributed by atoms with van der Waals surface area (Å²) in [6.45, 7) is 6.11. The highest BCUT2D eigenvalue weighted by Crippen LogP contribution is 2.40. The first-order valence-electron chi connectivity index (χ1n) is 8.52. The third-order valence-corrected chi connectivity index (χ3v) is 5.73. The van der Waals surface area contributed by atoms with Crippen molar-refractivity contribution in [2.45, 2.75) is 65.2 Å². The van der Waals surface area contributed by atoms with E-state index in [4.69, 9.17) is 5.73 Å². The van der Waals surface area contributed by atoms with Gasteiger partial charge >= 0.3 is 0 Å². The normalized spacial score (nSPS) is 33.6. The molecule has 0 aliphatic heterocycles. The van der Waals surface area contributed by atoms with E-state index in [1.165, 1.54) is 44.9 Å². The van der Waals surface area contributed by atoms with Crippen molar-refractivity contribution < 1.29 is 4.79 Å². The fourth-order valence-corrected chi connectivity index (χ4v) is 4.20. The van der Waals surface area contributed by atoms with E-state index in [1.807, 2.05) is 0 Å². The van der Waals surface area contributed by atoms with E-state index in [-0.39, 0.29) is 17.2 Å². The first kappa shape index (κ1) is 15.8. The fraction of sp³-hybridized carbons (Fsp3) is 0.941. The van der Waals surface area contributed by atoms with E-state index >= 15 is 0 Å². The number of hydrogen-bond acceptors (Lipinski definition) is 2. The Morgan fingerprint density at radius 1 is 1.10 bits per heavy atom. The molecule has 0 aromatic heterocycles.